The van der Waals surface area contributed by atoms with Gasteiger partial charge < -0.3 is 26.0 Å². The number of hydrogen-bond donors (Lipinski definition) is 5. The van der Waals surface area contributed by atoms with Crippen LogP contribution >= 0.6 is 0 Å². The van der Waals surface area contributed by atoms with E-state index in [0.717, 1.165) is 44.4 Å². The number of piperidine rings is 1. The molecule has 1 atom stereocenters. The number of halogens is 1. The number of aliphatic carboxylic acids is 1. The van der Waals surface area contributed by atoms with Gasteiger partial charge in [-0.05, 0) is 49.6 Å². The second kappa shape index (κ2) is 12.2. The summed E-state index contributed by atoms with van der Waals surface area (Å²) in [5, 5.41) is 18.5. The van der Waals surface area contributed by atoms with E-state index in [1.54, 1.807) is 6.07 Å². The number of hydrogen-bond acceptors (Lipinski definition) is 8. The third kappa shape index (κ3) is 6.98. The molecule has 2 heterocycles. The van der Waals surface area contributed by atoms with Crippen LogP contribution in [-0.4, -0.2) is 76.2 Å². The van der Waals surface area contributed by atoms with Crippen LogP contribution in [0.5, 0.6) is 0 Å². The summed E-state index contributed by atoms with van der Waals surface area (Å²) in [4.78, 5) is 30.4. The largest absolute Gasteiger partial charge is 0.480 e. The van der Waals surface area contributed by atoms with Crippen molar-refractivity contribution < 1.29 is 27.5 Å². The standard InChI is InChI=1S/C25H31FN6O5S/c26-20-15-17(7-8-22(20)32-13-9-18(10-14-32)30-25-27-11-4-12-28-25)23(33)29-16-21(24(34)35)31-38(36,37)19-5-2-1-3-6-19/h1-3,5-8,15,18,21,31H,4,9-14,16H2,(H,29,33)(H,34,35)(H2,27,28,30)/t21-/m1/s1. The molecule has 38 heavy (non-hydrogen) atoms. The number of sulfonamides is 1. The highest BCUT2D eigenvalue weighted by Crippen LogP contribution is 2.24. The minimum atomic E-state index is -4.12. The Hall–Kier alpha value is -3.71. The van der Waals surface area contributed by atoms with Gasteiger partial charge in [0.25, 0.3) is 5.91 Å². The maximum absolute atomic E-state index is 14.9. The topological polar surface area (TPSA) is 152 Å². The molecule has 2 aliphatic heterocycles. The van der Waals surface area contributed by atoms with Crippen molar-refractivity contribution in [2.45, 2.75) is 36.2 Å². The highest BCUT2D eigenvalue weighted by Gasteiger charge is 2.27. The summed E-state index contributed by atoms with van der Waals surface area (Å²) >= 11 is 0. The Morgan fingerprint density at radius 3 is 2.53 bits per heavy atom. The van der Waals surface area contributed by atoms with Gasteiger partial charge in [0.15, 0.2) is 5.96 Å². The fraction of sp³-hybridized carbons (Fsp3) is 0.400. The lowest BCUT2D eigenvalue weighted by molar-refractivity contribution is -0.138. The molecule has 1 amide bonds. The van der Waals surface area contributed by atoms with E-state index >= 15 is 0 Å². The van der Waals surface area contributed by atoms with Gasteiger partial charge in [0.2, 0.25) is 10.0 Å². The normalized spacial score (nSPS) is 17.2. The van der Waals surface area contributed by atoms with E-state index in [1.807, 2.05) is 4.90 Å². The molecule has 0 radical (unpaired) electrons. The van der Waals surface area contributed by atoms with Gasteiger partial charge in [-0.15, -0.1) is 0 Å². The molecule has 13 heteroatoms. The number of guanidine groups is 1. The van der Waals surface area contributed by atoms with Crippen LogP contribution in [0, 0.1) is 5.82 Å². The monoisotopic (exact) mass is 546 g/mol. The van der Waals surface area contributed by atoms with Gasteiger partial charge in [-0.3, -0.25) is 14.6 Å². The Labute approximate surface area is 220 Å². The van der Waals surface area contributed by atoms with Crippen molar-refractivity contribution in [3.63, 3.8) is 0 Å². The number of carboxylic acids is 1. The zero-order valence-electron chi connectivity index (χ0n) is 20.7. The first-order valence-electron chi connectivity index (χ1n) is 12.4. The van der Waals surface area contributed by atoms with Gasteiger partial charge in [-0.25, -0.2) is 12.8 Å². The molecule has 1 fully saturated rings. The quantitative estimate of drug-likeness (QED) is 0.311. The first-order valence-corrected chi connectivity index (χ1v) is 13.9. The number of amides is 1. The summed E-state index contributed by atoms with van der Waals surface area (Å²) in [5.41, 5.74) is 0.381. The van der Waals surface area contributed by atoms with Crippen molar-refractivity contribution in [1.29, 1.82) is 0 Å². The van der Waals surface area contributed by atoms with E-state index in [4.69, 9.17) is 0 Å². The molecule has 2 aliphatic rings. The number of benzene rings is 2. The number of carboxylic acid groups (broad SMARTS) is 1. The Balaban J connectivity index is 1.32. The van der Waals surface area contributed by atoms with E-state index in [0.29, 0.717) is 18.8 Å². The average Bonchev–Trinajstić information content (AvgIpc) is 2.92. The maximum atomic E-state index is 14.9. The fourth-order valence-corrected chi connectivity index (χ4v) is 5.53. The van der Waals surface area contributed by atoms with Gasteiger partial charge in [-0.2, -0.15) is 4.72 Å². The van der Waals surface area contributed by atoms with Crippen molar-refractivity contribution in [2.24, 2.45) is 4.99 Å². The SMILES string of the molecule is O=C(NC[C@@H](NS(=O)(=O)c1ccccc1)C(=O)O)c1ccc(N2CCC(NC3=NCCCN3)CC2)c(F)c1. The van der Waals surface area contributed by atoms with Crippen LogP contribution in [0.4, 0.5) is 10.1 Å². The molecule has 0 aromatic heterocycles. The predicted molar refractivity (Wildman–Crippen MR) is 140 cm³/mol. The number of nitrogens with one attached hydrogen (secondary N) is 4. The molecule has 1 saturated heterocycles. The minimum absolute atomic E-state index is 0.000702. The number of aliphatic imine (C=N–C) groups is 1. The van der Waals surface area contributed by atoms with E-state index < -0.39 is 40.3 Å². The number of rotatable bonds is 9. The zero-order chi connectivity index (χ0) is 27.1. The van der Waals surface area contributed by atoms with Gasteiger partial charge in [0.1, 0.15) is 11.9 Å². The van der Waals surface area contributed by atoms with Crippen LogP contribution in [0.15, 0.2) is 58.4 Å². The Morgan fingerprint density at radius 2 is 1.89 bits per heavy atom. The van der Waals surface area contributed by atoms with Crippen molar-refractivity contribution in [2.75, 3.05) is 37.6 Å². The second-order valence-corrected chi connectivity index (χ2v) is 10.8. The molecule has 4 rings (SSSR count). The van der Waals surface area contributed by atoms with Crippen LogP contribution < -0.4 is 25.6 Å². The third-order valence-corrected chi connectivity index (χ3v) is 7.89. The van der Waals surface area contributed by atoms with Crippen LogP contribution in [0.25, 0.3) is 0 Å². The molecule has 0 unspecified atom stereocenters. The molecule has 5 N–H and O–H groups in total. The van der Waals surface area contributed by atoms with Gasteiger partial charge in [0.05, 0.1) is 10.6 Å². The lowest BCUT2D eigenvalue weighted by Crippen LogP contribution is -2.50. The Morgan fingerprint density at radius 1 is 1.16 bits per heavy atom. The van der Waals surface area contributed by atoms with Crippen molar-refractivity contribution >= 4 is 33.5 Å². The molecular formula is C25H31FN6O5S. The third-order valence-electron chi connectivity index (χ3n) is 6.40. The molecule has 0 aliphatic carbocycles. The lowest BCUT2D eigenvalue weighted by atomic mass is 10.0. The Bertz CT molecular complexity index is 1280. The molecule has 0 bridgehead atoms. The second-order valence-electron chi connectivity index (χ2n) is 9.12. The van der Waals surface area contributed by atoms with Crippen molar-refractivity contribution in [3.05, 3.63) is 59.9 Å². The smallest absolute Gasteiger partial charge is 0.323 e. The van der Waals surface area contributed by atoms with E-state index in [2.05, 4.69) is 25.7 Å². The number of nitrogens with zero attached hydrogens (tertiary/aromatic N) is 2. The summed E-state index contributed by atoms with van der Waals surface area (Å²) in [5.74, 6) is -1.93. The van der Waals surface area contributed by atoms with Crippen LogP contribution in [0.2, 0.25) is 0 Å². The summed E-state index contributed by atoms with van der Waals surface area (Å²) in [6.07, 6.45) is 2.62. The fourth-order valence-electron chi connectivity index (χ4n) is 4.32. The predicted octanol–water partition coefficient (Wildman–Crippen LogP) is 0.895. The van der Waals surface area contributed by atoms with Gasteiger partial charge >= 0.3 is 5.97 Å². The summed E-state index contributed by atoms with van der Waals surface area (Å²) in [7, 11) is -4.12. The molecule has 204 valence electrons. The van der Waals surface area contributed by atoms with Crippen molar-refractivity contribution in [3.8, 4) is 0 Å². The molecule has 11 nitrogen and oxygen atoms in total. The molecule has 0 spiro atoms. The molecule has 0 saturated carbocycles. The molecule has 2 aromatic carbocycles. The number of carbonyl (C=O) groups excluding carboxylic acids is 1. The van der Waals surface area contributed by atoms with E-state index in [1.165, 1.54) is 36.4 Å². The van der Waals surface area contributed by atoms with E-state index in [-0.39, 0.29) is 16.5 Å². The van der Waals surface area contributed by atoms with Crippen LogP contribution in [0.1, 0.15) is 29.6 Å². The number of carbonyl (C=O) groups is 2. The van der Waals surface area contributed by atoms with Crippen LogP contribution in [-0.2, 0) is 14.8 Å². The maximum Gasteiger partial charge on any atom is 0.323 e. The van der Waals surface area contributed by atoms with Crippen LogP contribution in [0.3, 0.4) is 0 Å². The Kier molecular flexibility index (Phi) is 8.79. The summed E-state index contributed by atoms with van der Waals surface area (Å²) in [6, 6.07) is 10.0. The molecule has 2 aromatic rings. The highest BCUT2D eigenvalue weighted by atomic mass is 32.2. The number of anilines is 1. The lowest BCUT2D eigenvalue weighted by Gasteiger charge is -2.35. The zero-order valence-corrected chi connectivity index (χ0v) is 21.5. The average molecular weight is 547 g/mol. The molecular weight excluding hydrogens is 515 g/mol. The summed E-state index contributed by atoms with van der Waals surface area (Å²) in [6.45, 7) is 2.45. The van der Waals surface area contributed by atoms with Gasteiger partial charge in [0, 0.05) is 44.3 Å². The van der Waals surface area contributed by atoms with E-state index in [9.17, 15) is 27.5 Å². The highest BCUT2D eigenvalue weighted by molar-refractivity contribution is 7.89. The first-order chi connectivity index (χ1) is 18.2. The first kappa shape index (κ1) is 27.3. The van der Waals surface area contributed by atoms with Gasteiger partial charge in [-0.1, -0.05) is 18.2 Å². The minimum Gasteiger partial charge on any atom is -0.480 e. The van der Waals surface area contributed by atoms with Crippen molar-refractivity contribution in [1.82, 2.24) is 20.7 Å². The summed E-state index contributed by atoms with van der Waals surface area (Å²) < 4.78 is 41.9.